The minimum absolute atomic E-state index is 0.0487. The molecule has 7 heteroatoms. The highest BCUT2D eigenvalue weighted by molar-refractivity contribution is 5.96. The Kier molecular flexibility index (Phi) is 4.90. The van der Waals surface area contributed by atoms with Crippen LogP contribution in [-0.4, -0.2) is 29.7 Å². The van der Waals surface area contributed by atoms with Crippen LogP contribution in [-0.2, 0) is 9.47 Å². The van der Waals surface area contributed by atoms with Crippen LogP contribution in [0, 0.1) is 11.3 Å². The van der Waals surface area contributed by atoms with E-state index in [1.807, 2.05) is 6.07 Å². The molecule has 0 amide bonds. The number of carbonyl (C=O) groups excluding carboxylic acids is 2. The number of methoxy groups -OCH3 is 1. The van der Waals surface area contributed by atoms with Crippen molar-refractivity contribution in [3.8, 4) is 11.8 Å². The van der Waals surface area contributed by atoms with Crippen LogP contribution < -0.4 is 5.73 Å². The molecule has 0 aliphatic heterocycles. The van der Waals surface area contributed by atoms with Crippen molar-refractivity contribution in [2.45, 2.75) is 20.0 Å². The standard InChI is InChI=1S/C17H17N3O4/c1-10(2)24-16(21)11-4-6-13(7-5-11)20-9-12(8-18)14(19)15(20)17(22)23-3/h4-7,9-10H,19H2,1-3H3. The van der Waals surface area contributed by atoms with E-state index in [2.05, 4.69) is 0 Å². The minimum atomic E-state index is -0.655. The van der Waals surface area contributed by atoms with Crippen molar-refractivity contribution in [2.75, 3.05) is 12.8 Å². The van der Waals surface area contributed by atoms with Gasteiger partial charge < -0.3 is 19.8 Å². The average Bonchev–Trinajstić information content (AvgIpc) is 2.90. The van der Waals surface area contributed by atoms with Gasteiger partial charge in [-0.15, -0.1) is 0 Å². The predicted octanol–water partition coefficient (Wildman–Crippen LogP) is 2.28. The molecule has 0 fully saturated rings. The summed E-state index contributed by atoms with van der Waals surface area (Å²) in [6.45, 7) is 3.53. The Labute approximate surface area is 139 Å². The Morgan fingerprint density at radius 3 is 2.33 bits per heavy atom. The van der Waals surface area contributed by atoms with Crippen molar-refractivity contribution in [1.29, 1.82) is 5.26 Å². The molecule has 0 radical (unpaired) electrons. The first-order chi connectivity index (χ1) is 11.4. The number of hydrogen-bond donors (Lipinski definition) is 1. The van der Waals surface area contributed by atoms with Gasteiger partial charge in [0.25, 0.3) is 0 Å². The molecule has 2 rings (SSSR count). The van der Waals surface area contributed by atoms with Gasteiger partial charge in [-0.2, -0.15) is 5.26 Å². The van der Waals surface area contributed by atoms with Crippen LogP contribution in [0.15, 0.2) is 30.5 Å². The van der Waals surface area contributed by atoms with Crippen molar-refractivity contribution in [3.05, 3.63) is 47.3 Å². The number of nitrogens with zero attached hydrogens (tertiary/aromatic N) is 2. The summed E-state index contributed by atoms with van der Waals surface area (Å²) < 4.78 is 11.3. The monoisotopic (exact) mass is 327 g/mol. The molecule has 7 nitrogen and oxygen atoms in total. The van der Waals surface area contributed by atoms with E-state index in [1.165, 1.54) is 17.9 Å². The average molecular weight is 327 g/mol. The molecule has 1 heterocycles. The number of anilines is 1. The number of nitriles is 1. The summed E-state index contributed by atoms with van der Waals surface area (Å²) in [5.41, 5.74) is 7.06. The van der Waals surface area contributed by atoms with Gasteiger partial charge in [0, 0.05) is 11.9 Å². The smallest absolute Gasteiger partial charge is 0.357 e. The zero-order valence-electron chi connectivity index (χ0n) is 13.6. The Bertz CT molecular complexity index is 814. The number of carbonyl (C=O) groups is 2. The molecule has 0 spiro atoms. The molecule has 0 unspecified atom stereocenters. The second-order valence-electron chi connectivity index (χ2n) is 5.28. The molecule has 2 N–H and O–H groups in total. The van der Waals surface area contributed by atoms with Gasteiger partial charge in [0.2, 0.25) is 0 Å². The van der Waals surface area contributed by atoms with Crippen LogP contribution in [0.2, 0.25) is 0 Å². The SMILES string of the molecule is COC(=O)c1c(N)c(C#N)cn1-c1ccc(C(=O)OC(C)C)cc1. The van der Waals surface area contributed by atoms with Crippen LogP contribution in [0.3, 0.4) is 0 Å². The van der Waals surface area contributed by atoms with Gasteiger partial charge in [0.05, 0.1) is 30.0 Å². The van der Waals surface area contributed by atoms with E-state index in [0.29, 0.717) is 11.3 Å². The fourth-order valence-electron chi connectivity index (χ4n) is 2.16. The summed E-state index contributed by atoms with van der Waals surface area (Å²) in [6, 6.07) is 8.33. The minimum Gasteiger partial charge on any atom is -0.464 e. The summed E-state index contributed by atoms with van der Waals surface area (Å²) in [5, 5.41) is 9.10. The number of aromatic nitrogens is 1. The van der Waals surface area contributed by atoms with Crippen LogP contribution in [0.5, 0.6) is 0 Å². The number of nitrogen functional groups attached to an aromatic ring is 1. The van der Waals surface area contributed by atoms with E-state index in [9.17, 15) is 9.59 Å². The Morgan fingerprint density at radius 2 is 1.83 bits per heavy atom. The Balaban J connectivity index is 2.44. The van der Waals surface area contributed by atoms with Crippen LogP contribution in [0.4, 0.5) is 5.69 Å². The lowest BCUT2D eigenvalue weighted by Crippen LogP contribution is -2.12. The molecule has 124 valence electrons. The first kappa shape index (κ1) is 17.1. The molecular formula is C17H17N3O4. The molecule has 24 heavy (non-hydrogen) atoms. The van der Waals surface area contributed by atoms with Crippen molar-refractivity contribution in [2.24, 2.45) is 0 Å². The first-order valence-electron chi connectivity index (χ1n) is 7.19. The van der Waals surface area contributed by atoms with E-state index >= 15 is 0 Å². The van der Waals surface area contributed by atoms with Crippen LogP contribution in [0.25, 0.3) is 5.69 Å². The largest absolute Gasteiger partial charge is 0.464 e. The van der Waals surface area contributed by atoms with Crippen molar-refractivity contribution in [1.82, 2.24) is 4.57 Å². The fraction of sp³-hybridized carbons (Fsp3) is 0.235. The number of benzene rings is 1. The summed E-state index contributed by atoms with van der Waals surface area (Å²) in [5.74, 6) is -1.09. The molecule has 0 bridgehead atoms. The van der Waals surface area contributed by atoms with Crippen LogP contribution in [0.1, 0.15) is 40.3 Å². The predicted molar refractivity (Wildman–Crippen MR) is 86.8 cm³/mol. The highest BCUT2D eigenvalue weighted by Crippen LogP contribution is 2.25. The Hall–Kier alpha value is -3.27. The van der Waals surface area contributed by atoms with Crippen molar-refractivity contribution >= 4 is 17.6 Å². The summed E-state index contributed by atoms with van der Waals surface area (Å²) in [7, 11) is 1.23. The van der Waals surface area contributed by atoms with E-state index in [0.717, 1.165) is 0 Å². The van der Waals surface area contributed by atoms with Crippen molar-refractivity contribution in [3.63, 3.8) is 0 Å². The summed E-state index contributed by atoms with van der Waals surface area (Å²) >= 11 is 0. The number of ether oxygens (including phenoxy) is 2. The van der Waals surface area contributed by atoms with Crippen molar-refractivity contribution < 1.29 is 19.1 Å². The molecule has 0 aliphatic carbocycles. The van der Waals surface area contributed by atoms with Crippen LogP contribution >= 0.6 is 0 Å². The maximum absolute atomic E-state index is 11.9. The van der Waals surface area contributed by atoms with E-state index in [-0.39, 0.29) is 23.0 Å². The van der Waals surface area contributed by atoms with Gasteiger partial charge in [-0.1, -0.05) is 0 Å². The first-order valence-corrected chi connectivity index (χ1v) is 7.19. The Morgan fingerprint density at radius 1 is 1.21 bits per heavy atom. The van der Waals surface area contributed by atoms with Gasteiger partial charge in [-0.25, -0.2) is 9.59 Å². The third-order valence-corrected chi connectivity index (χ3v) is 3.27. The maximum atomic E-state index is 11.9. The molecular weight excluding hydrogens is 310 g/mol. The molecule has 1 aromatic heterocycles. The second-order valence-corrected chi connectivity index (χ2v) is 5.28. The highest BCUT2D eigenvalue weighted by atomic mass is 16.5. The number of esters is 2. The molecule has 1 aromatic carbocycles. The van der Waals surface area contributed by atoms with Gasteiger partial charge in [-0.05, 0) is 38.1 Å². The normalized spacial score (nSPS) is 10.3. The third kappa shape index (κ3) is 3.22. The van der Waals surface area contributed by atoms with E-state index in [1.54, 1.807) is 38.1 Å². The third-order valence-electron chi connectivity index (χ3n) is 3.27. The fourth-order valence-corrected chi connectivity index (χ4v) is 2.16. The number of rotatable bonds is 4. The van der Waals surface area contributed by atoms with Gasteiger partial charge in [0.15, 0.2) is 5.69 Å². The summed E-state index contributed by atoms with van der Waals surface area (Å²) in [4.78, 5) is 23.8. The molecule has 2 aromatic rings. The topological polar surface area (TPSA) is 107 Å². The van der Waals surface area contributed by atoms with Gasteiger partial charge in [-0.3, -0.25) is 0 Å². The van der Waals surface area contributed by atoms with E-state index in [4.69, 9.17) is 20.5 Å². The van der Waals surface area contributed by atoms with Gasteiger partial charge >= 0.3 is 11.9 Å². The number of nitrogens with two attached hydrogens (primary N) is 1. The zero-order valence-corrected chi connectivity index (χ0v) is 13.6. The lowest BCUT2D eigenvalue weighted by Gasteiger charge is -2.10. The summed E-state index contributed by atoms with van der Waals surface area (Å²) in [6.07, 6.45) is 1.23. The zero-order chi connectivity index (χ0) is 17.9. The molecule has 0 saturated heterocycles. The molecule has 0 saturated carbocycles. The van der Waals surface area contributed by atoms with Gasteiger partial charge in [0.1, 0.15) is 6.07 Å². The molecule has 0 aliphatic rings. The lowest BCUT2D eigenvalue weighted by molar-refractivity contribution is 0.0377. The quantitative estimate of drug-likeness (QED) is 0.863. The lowest BCUT2D eigenvalue weighted by atomic mass is 10.2. The maximum Gasteiger partial charge on any atom is 0.357 e. The molecule has 0 atom stereocenters. The second kappa shape index (κ2) is 6.87. The highest BCUT2D eigenvalue weighted by Gasteiger charge is 2.21. The van der Waals surface area contributed by atoms with E-state index < -0.39 is 11.9 Å². The number of hydrogen-bond acceptors (Lipinski definition) is 6.